The summed E-state index contributed by atoms with van der Waals surface area (Å²) in [6.07, 6.45) is 2.81. The molecule has 0 atom stereocenters. The molecule has 0 bridgehead atoms. The average Bonchev–Trinajstić information content (AvgIpc) is 2.97. The Bertz CT molecular complexity index is 757. The van der Waals surface area contributed by atoms with E-state index in [2.05, 4.69) is 22.2 Å². The van der Waals surface area contributed by atoms with Crippen LogP contribution in [0.25, 0.3) is 0 Å². The zero-order valence-electron chi connectivity index (χ0n) is 14.9. The number of likely N-dealkylation sites (tertiary alicyclic amines) is 1. The van der Waals surface area contributed by atoms with E-state index in [1.165, 1.54) is 36.5 Å². The van der Waals surface area contributed by atoms with E-state index in [-0.39, 0.29) is 17.2 Å². The van der Waals surface area contributed by atoms with Crippen molar-refractivity contribution >= 4 is 34.4 Å². The van der Waals surface area contributed by atoms with Crippen LogP contribution in [0, 0.1) is 5.82 Å². The number of hydrogen-bond acceptors (Lipinski definition) is 7. The number of piperidine rings is 1. The average molecular weight is 378 g/mol. The molecule has 0 unspecified atom stereocenters. The molecule has 0 amide bonds. The van der Waals surface area contributed by atoms with Gasteiger partial charge in [0.15, 0.2) is 5.13 Å². The second-order valence-electron chi connectivity index (χ2n) is 6.03. The number of thiazole rings is 1. The molecule has 8 heteroatoms. The van der Waals surface area contributed by atoms with Crippen molar-refractivity contribution in [1.29, 1.82) is 0 Å². The van der Waals surface area contributed by atoms with E-state index in [4.69, 9.17) is 10.5 Å². The number of hydrogen-bond donors (Lipinski definition) is 2. The van der Waals surface area contributed by atoms with Gasteiger partial charge in [-0.2, -0.15) is 0 Å². The van der Waals surface area contributed by atoms with Crippen LogP contribution in [0.3, 0.4) is 0 Å². The van der Waals surface area contributed by atoms with Crippen molar-refractivity contribution in [3.63, 3.8) is 0 Å². The summed E-state index contributed by atoms with van der Waals surface area (Å²) in [6, 6.07) is 5.95. The van der Waals surface area contributed by atoms with Gasteiger partial charge in [-0.05, 0) is 52.0 Å². The van der Waals surface area contributed by atoms with Gasteiger partial charge in [0, 0.05) is 11.6 Å². The largest absolute Gasteiger partial charge is 0.382 e. The van der Waals surface area contributed by atoms with E-state index < -0.39 is 5.82 Å². The number of nitrogen functional groups attached to an aromatic ring is 1. The van der Waals surface area contributed by atoms with Gasteiger partial charge in [0.05, 0.1) is 0 Å². The first-order valence-electron chi connectivity index (χ1n) is 8.36. The molecule has 1 aromatic carbocycles. The van der Waals surface area contributed by atoms with E-state index in [1.807, 2.05) is 0 Å². The Morgan fingerprint density at radius 3 is 2.69 bits per heavy atom. The Hall–Kier alpha value is -2.32. The summed E-state index contributed by atoms with van der Waals surface area (Å²) in [6.45, 7) is 3.52. The smallest absolute Gasteiger partial charge is 0.206 e. The normalized spacial score (nSPS) is 15.0. The predicted molar refractivity (Wildman–Crippen MR) is 102 cm³/mol. The van der Waals surface area contributed by atoms with Crippen LogP contribution in [-0.2, 0) is 4.79 Å². The second kappa shape index (κ2) is 9.40. The fourth-order valence-electron chi connectivity index (χ4n) is 2.64. The molecular weight excluding hydrogens is 355 g/mol. The van der Waals surface area contributed by atoms with Crippen molar-refractivity contribution in [1.82, 2.24) is 9.88 Å². The van der Waals surface area contributed by atoms with Crippen molar-refractivity contribution in [3.8, 4) is 0 Å². The lowest BCUT2D eigenvalue weighted by atomic mass is 10.1. The fraction of sp³-hybridized carbons (Fsp3) is 0.389. The summed E-state index contributed by atoms with van der Waals surface area (Å²) in [5, 5.41) is 4.00. The van der Waals surface area contributed by atoms with Gasteiger partial charge < -0.3 is 20.7 Å². The quantitative estimate of drug-likeness (QED) is 0.628. The predicted octanol–water partition coefficient (Wildman–Crippen LogP) is 2.81. The van der Waals surface area contributed by atoms with Crippen LogP contribution in [0.2, 0.25) is 0 Å². The molecule has 0 radical (unpaired) electrons. The highest BCUT2D eigenvalue weighted by molar-refractivity contribution is 7.18. The van der Waals surface area contributed by atoms with E-state index in [0.29, 0.717) is 16.1 Å². The van der Waals surface area contributed by atoms with Crippen molar-refractivity contribution in [2.75, 3.05) is 31.2 Å². The number of aromatic nitrogens is 1. The molecule has 1 fully saturated rings. The molecule has 26 heavy (non-hydrogen) atoms. The van der Waals surface area contributed by atoms with Crippen LogP contribution in [-0.4, -0.2) is 48.1 Å². The van der Waals surface area contributed by atoms with E-state index in [0.717, 1.165) is 32.2 Å². The van der Waals surface area contributed by atoms with Crippen LogP contribution in [0.5, 0.6) is 0 Å². The number of anilines is 2. The molecule has 1 aliphatic rings. The molecule has 1 aliphatic heterocycles. The number of carbonyl (C=O) groups is 2. The highest BCUT2D eigenvalue weighted by Crippen LogP contribution is 2.29. The number of benzene rings is 1. The topological polar surface area (TPSA) is 88.3 Å². The highest BCUT2D eigenvalue weighted by Gasteiger charge is 2.21. The third-order valence-corrected chi connectivity index (χ3v) is 4.99. The minimum absolute atomic E-state index is 0.194. The van der Waals surface area contributed by atoms with Gasteiger partial charge in [-0.1, -0.05) is 23.5 Å². The number of nitrogens with one attached hydrogen (secondary N) is 1. The van der Waals surface area contributed by atoms with Gasteiger partial charge in [-0.25, -0.2) is 9.37 Å². The lowest BCUT2D eigenvalue weighted by Crippen LogP contribution is -2.36. The molecule has 0 spiro atoms. The number of carbonyl (C=O) groups excluding carboxylic acids is 2. The molecule has 1 aromatic heterocycles. The molecule has 3 N–H and O–H groups in total. The Labute approximate surface area is 156 Å². The second-order valence-corrected chi connectivity index (χ2v) is 7.03. The number of rotatable bonds is 4. The molecule has 2 aromatic rings. The van der Waals surface area contributed by atoms with Crippen molar-refractivity contribution < 1.29 is 14.0 Å². The summed E-state index contributed by atoms with van der Waals surface area (Å²) in [4.78, 5) is 28.2. The molecule has 2 heterocycles. The zero-order chi connectivity index (χ0) is 19.1. The summed E-state index contributed by atoms with van der Waals surface area (Å²) >= 11 is 1.23. The van der Waals surface area contributed by atoms with Crippen LogP contribution in [0.4, 0.5) is 15.3 Å². The Morgan fingerprint density at radius 1 is 1.42 bits per heavy atom. The van der Waals surface area contributed by atoms with Crippen LogP contribution in [0.1, 0.15) is 35.0 Å². The number of nitrogens with zero attached hydrogens (tertiary/aromatic N) is 2. The van der Waals surface area contributed by atoms with Gasteiger partial charge in [-0.3, -0.25) is 4.79 Å². The van der Waals surface area contributed by atoms with Gasteiger partial charge in [0.1, 0.15) is 22.8 Å². The third kappa shape index (κ3) is 5.34. The Balaban J connectivity index is 0.000000758. The van der Waals surface area contributed by atoms with Crippen molar-refractivity contribution in [2.45, 2.75) is 25.8 Å². The first kappa shape index (κ1) is 20.0. The van der Waals surface area contributed by atoms with Crippen molar-refractivity contribution in [2.24, 2.45) is 0 Å². The molecule has 6 nitrogen and oxygen atoms in total. The van der Waals surface area contributed by atoms with Crippen LogP contribution in [0.15, 0.2) is 24.3 Å². The lowest BCUT2D eigenvalue weighted by Gasteiger charge is -2.29. The number of nitrogens with two attached hydrogens (primary N) is 1. The third-order valence-electron chi connectivity index (χ3n) is 3.99. The summed E-state index contributed by atoms with van der Waals surface area (Å²) in [5.74, 6) is -0.542. The maximum atomic E-state index is 13.3. The maximum absolute atomic E-state index is 13.3. The molecule has 0 saturated carbocycles. The minimum atomic E-state index is -0.441. The lowest BCUT2D eigenvalue weighted by molar-refractivity contribution is -0.106. The Morgan fingerprint density at radius 2 is 2.08 bits per heavy atom. The summed E-state index contributed by atoms with van der Waals surface area (Å²) in [5.41, 5.74) is 6.16. The zero-order valence-corrected chi connectivity index (χ0v) is 15.7. The maximum Gasteiger partial charge on any atom is 0.206 e. The monoisotopic (exact) mass is 378 g/mol. The molecular formula is C18H23FN4O2S. The van der Waals surface area contributed by atoms with Crippen LogP contribution < -0.4 is 11.1 Å². The summed E-state index contributed by atoms with van der Waals surface area (Å²) < 4.78 is 13.3. The van der Waals surface area contributed by atoms with Crippen LogP contribution >= 0.6 is 11.3 Å². The first-order valence-corrected chi connectivity index (χ1v) is 9.17. The van der Waals surface area contributed by atoms with Gasteiger partial charge in [-0.15, -0.1) is 0 Å². The number of aldehydes is 1. The molecule has 3 rings (SSSR count). The van der Waals surface area contributed by atoms with Gasteiger partial charge in [0.25, 0.3) is 0 Å². The van der Waals surface area contributed by atoms with E-state index in [1.54, 1.807) is 6.07 Å². The fourth-order valence-corrected chi connectivity index (χ4v) is 3.57. The van der Waals surface area contributed by atoms with Gasteiger partial charge in [0.2, 0.25) is 5.78 Å². The SMILES string of the molecule is CC=O.CN1CCC(Nc2nc(N)c(C(=O)c3cccc(F)c3)s2)CC1. The summed E-state index contributed by atoms with van der Waals surface area (Å²) in [7, 11) is 2.10. The van der Waals surface area contributed by atoms with Crippen molar-refractivity contribution in [3.05, 3.63) is 40.5 Å². The standard InChI is InChI=1S/C16H19FN4OS.C2H4O/c1-21-7-5-12(6-8-21)19-16-20-15(18)14(23-16)13(22)10-3-2-4-11(17)9-10;1-2-3/h2-4,9,12H,5-8,18H2,1H3,(H,19,20);2H,1H3. The number of ketones is 1. The Kier molecular flexibility index (Phi) is 7.23. The van der Waals surface area contributed by atoms with E-state index >= 15 is 0 Å². The van der Waals surface area contributed by atoms with Gasteiger partial charge >= 0.3 is 0 Å². The minimum Gasteiger partial charge on any atom is -0.382 e. The van der Waals surface area contributed by atoms with E-state index in [9.17, 15) is 9.18 Å². The molecule has 140 valence electrons. The first-order chi connectivity index (χ1) is 12.4. The molecule has 1 saturated heterocycles. The number of halogens is 1. The molecule has 0 aliphatic carbocycles. The highest BCUT2D eigenvalue weighted by atomic mass is 32.1.